The lowest BCUT2D eigenvalue weighted by Gasteiger charge is -2.37. The molecule has 204 valence electrons. The number of ether oxygens (including phenoxy) is 1. The molecule has 4 fully saturated rings. The highest BCUT2D eigenvalue weighted by Crippen LogP contribution is 2.58. The van der Waals surface area contributed by atoms with Crippen molar-refractivity contribution in [3.05, 3.63) is 34.9 Å². The molecule has 1 spiro atoms. The van der Waals surface area contributed by atoms with E-state index in [0.29, 0.717) is 24.4 Å². The second-order valence-electron chi connectivity index (χ2n) is 12.3. The van der Waals surface area contributed by atoms with E-state index in [4.69, 9.17) is 16.3 Å². The van der Waals surface area contributed by atoms with E-state index in [-0.39, 0.29) is 29.7 Å². The molecule has 0 radical (unpaired) electrons. The van der Waals surface area contributed by atoms with Crippen molar-refractivity contribution in [1.82, 2.24) is 15.1 Å². The molecule has 0 aromatic heterocycles. The number of nitrogens with one attached hydrogen (secondary N) is 1. The fourth-order valence-corrected chi connectivity index (χ4v) is 7.03. The van der Waals surface area contributed by atoms with Gasteiger partial charge >= 0.3 is 6.09 Å². The first-order valence-corrected chi connectivity index (χ1v) is 14.2. The molecule has 4 aliphatic rings. The van der Waals surface area contributed by atoms with Crippen LogP contribution >= 0.6 is 11.6 Å². The number of likely N-dealkylation sites (tertiary alicyclic amines) is 1. The third-order valence-corrected chi connectivity index (χ3v) is 8.89. The van der Waals surface area contributed by atoms with Crippen LogP contribution in [0.15, 0.2) is 24.3 Å². The summed E-state index contributed by atoms with van der Waals surface area (Å²) in [5.74, 6) is -0.706. The molecule has 0 bridgehead atoms. The van der Waals surface area contributed by atoms with Gasteiger partial charge in [-0.15, -0.1) is 0 Å². The van der Waals surface area contributed by atoms with Gasteiger partial charge in [-0.1, -0.05) is 36.6 Å². The van der Waals surface area contributed by atoms with Gasteiger partial charge in [-0.2, -0.15) is 5.26 Å². The molecule has 38 heavy (non-hydrogen) atoms. The Kier molecular flexibility index (Phi) is 7.10. The highest BCUT2D eigenvalue weighted by molar-refractivity contribution is 6.30. The number of amides is 3. The minimum absolute atomic E-state index is 0.0204. The summed E-state index contributed by atoms with van der Waals surface area (Å²) in [6.07, 6.45) is 5.46. The van der Waals surface area contributed by atoms with E-state index in [0.717, 1.165) is 44.1 Å². The summed E-state index contributed by atoms with van der Waals surface area (Å²) < 4.78 is 5.41. The first-order valence-electron chi connectivity index (χ1n) is 13.8. The van der Waals surface area contributed by atoms with Gasteiger partial charge in [0.25, 0.3) is 0 Å². The lowest BCUT2D eigenvalue weighted by atomic mass is 9.85. The second kappa shape index (κ2) is 10.1. The smallest absolute Gasteiger partial charge is 0.408 e. The van der Waals surface area contributed by atoms with Gasteiger partial charge in [0.1, 0.15) is 17.7 Å². The Morgan fingerprint density at radius 3 is 2.55 bits per heavy atom. The summed E-state index contributed by atoms with van der Waals surface area (Å²) >= 11 is 6.26. The van der Waals surface area contributed by atoms with Crippen LogP contribution in [-0.4, -0.2) is 63.5 Å². The molecule has 1 N–H and O–H groups in total. The fourth-order valence-electron chi connectivity index (χ4n) is 6.83. The number of rotatable bonds is 3. The predicted molar refractivity (Wildman–Crippen MR) is 142 cm³/mol. The van der Waals surface area contributed by atoms with Crippen molar-refractivity contribution in [2.24, 2.45) is 5.92 Å². The molecular formula is C29H37ClN4O4. The number of alkyl carbamates (subject to hydrolysis) is 1. The van der Waals surface area contributed by atoms with Gasteiger partial charge in [0.15, 0.2) is 0 Å². The first kappa shape index (κ1) is 26.8. The maximum atomic E-state index is 14.2. The molecule has 3 saturated heterocycles. The largest absolute Gasteiger partial charge is 0.444 e. The summed E-state index contributed by atoms with van der Waals surface area (Å²) in [6.45, 7) is 5.80. The summed E-state index contributed by atoms with van der Waals surface area (Å²) in [5, 5.41) is 13.6. The number of fused-ring (bicyclic) bond motifs is 1. The summed E-state index contributed by atoms with van der Waals surface area (Å²) in [4.78, 5) is 44.2. The number of nitriles is 1. The Morgan fingerprint density at radius 1 is 1.16 bits per heavy atom. The van der Waals surface area contributed by atoms with Crippen molar-refractivity contribution in [3.63, 3.8) is 0 Å². The van der Waals surface area contributed by atoms with Crippen LogP contribution in [-0.2, 0) is 14.3 Å². The van der Waals surface area contributed by atoms with Crippen LogP contribution in [0.25, 0.3) is 0 Å². The number of hydrogen-bond acceptors (Lipinski definition) is 5. The van der Waals surface area contributed by atoms with Crippen LogP contribution < -0.4 is 5.32 Å². The Morgan fingerprint density at radius 2 is 1.89 bits per heavy atom. The molecule has 3 amide bonds. The van der Waals surface area contributed by atoms with Crippen molar-refractivity contribution in [1.29, 1.82) is 5.26 Å². The van der Waals surface area contributed by atoms with Crippen LogP contribution in [0, 0.1) is 17.2 Å². The van der Waals surface area contributed by atoms with Gasteiger partial charge in [0.2, 0.25) is 11.8 Å². The molecule has 1 aliphatic carbocycles. The average Bonchev–Trinajstić information content (AvgIpc) is 3.40. The zero-order chi connectivity index (χ0) is 27.2. The Labute approximate surface area is 229 Å². The van der Waals surface area contributed by atoms with E-state index in [1.54, 1.807) is 25.7 Å². The van der Waals surface area contributed by atoms with Crippen LogP contribution in [0.2, 0.25) is 5.02 Å². The summed E-state index contributed by atoms with van der Waals surface area (Å²) in [5.41, 5.74) is -0.176. The molecule has 8 nitrogen and oxygen atoms in total. The van der Waals surface area contributed by atoms with Gasteiger partial charge in [-0.3, -0.25) is 9.59 Å². The second-order valence-corrected chi connectivity index (χ2v) is 12.7. The Hall–Kier alpha value is -2.79. The average molecular weight is 541 g/mol. The third kappa shape index (κ3) is 4.98. The minimum Gasteiger partial charge on any atom is -0.444 e. The first-order chi connectivity index (χ1) is 18.0. The molecule has 1 saturated carbocycles. The van der Waals surface area contributed by atoms with Crippen LogP contribution in [0.1, 0.15) is 83.6 Å². The van der Waals surface area contributed by atoms with E-state index >= 15 is 0 Å². The van der Waals surface area contributed by atoms with Crippen molar-refractivity contribution in [2.75, 3.05) is 6.54 Å². The van der Waals surface area contributed by atoms with Crippen molar-refractivity contribution >= 4 is 29.5 Å². The topological polar surface area (TPSA) is 103 Å². The lowest BCUT2D eigenvalue weighted by molar-refractivity contribution is -0.148. The van der Waals surface area contributed by atoms with Crippen LogP contribution in [0.4, 0.5) is 4.79 Å². The zero-order valence-corrected chi connectivity index (χ0v) is 23.2. The maximum Gasteiger partial charge on any atom is 0.408 e. The number of carbonyl (C=O) groups excluding carboxylic acids is 3. The summed E-state index contributed by atoms with van der Waals surface area (Å²) in [6, 6.07) is 8.75. The lowest BCUT2D eigenvalue weighted by Crippen LogP contribution is -2.58. The number of hydrogen-bond donors (Lipinski definition) is 1. The van der Waals surface area contributed by atoms with Crippen LogP contribution in [0.5, 0.6) is 0 Å². The monoisotopic (exact) mass is 540 g/mol. The highest BCUT2D eigenvalue weighted by atomic mass is 35.5. The van der Waals surface area contributed by atoms with Gasteiger partial charge in [-0.05, 0) is 77.0 Å². The zero-order valence-electron chi connectivity index (χ0n) is 22.4. The summed E-state index contributed by atoms with van der Waals surface area (Å²) in [7, 11) is 0. The van der Waals surface area contributed by atoms with Crippen molar-refractivity contribution < 1.29 is 19.1 Å². The molecule has 3 aliphatic heterocycles. The van der Waals surface area contributed by atoms with E-state index in [1.807, 2.05) is 29.2 Å². The van der Waals surface area contributed by atoms with Crippen molar-refractivity contribution in [2.45, 2.75) is 107 Å². The molecule has 1 aromatic carbocycles. The van der Waals surface area contributed by atoms with Gasteiger partial charge in [0, 0.05) is 23.5 Å². The quantitative estimate of drug-likeness (QED) is 0.595. The maximum absolute atomic E-state index is 14.2. The van der Waals surface area contributed by atoms with Crippen molar-refractivity contribution in [3.8, 4) is 6.07 Å². The number of carbonyl (C=O) groups is 3. The Balaban J connectivity index is 1.38. The molecule has 5 rings (SSSR count). The Bertz CT molecular complexity index is 1150. The van der Waals surface area contributed by atoms with Crippen LogP contribution in [0.3, 0.4) is 0 Å². The normalized spacial score (nSPS) is 30.3. The molecule has 3 heterocycles. The minimum atomic E-state index is -0.722. The molecule has 1 aromatic rings. The molecular weight excluding hydrogens is 504 g/mol. The molecule has 5 atom stereocenters. The van der Waals surface area contributed by atoms with E-state index in [1.165, 1.54) is 0 Å². The molecule has 0 unspecified atom stereocenters. The highest BCUT2D eigenvalue weighted by Gasteiger charge is 2.64. The SMILES string of the molecule is CC(C)(C)OC(=O)N[C@H]1CCCC[C@H]2CC[C@@H](C(=O)N3C[C@H](c4cccc(Cl)c4)[C@@H](C#N)C34CC4)N2C1=O. The number of nitrogens with zero attached hydrogens (tertiary/aromatic N) is 3. The van der Waals surface area contributed by atoms with E-state index < -0.39 is 29.3 Å². The van der Waals surface area contributed by atoms with Gasteiger partial charge in [-0.25, -0.2) is 4.79 Å². The number of benzene rings is 1. The van der Waals surface area contributed by atoms with Gasteiger partial charge in [0.05, 0.1) is 17.5 Å². The molecule has 9 heteroatoms. The van der Waals surface area contributed by atoms with Gasteiger partial charge < -0.3 is 19.9 Å². The third-order valence-electron chi connectivity index (χ3n) is 8.65. The van der Waals surface area contributed by atoms with E-state index in [9.17, 15) is 19.6 Å². The standard InChI is InChI=1S/C29H37ClN4O4/c1-28(2,3)38-27(37)32-23-10-5-4-9-20-11-12-24(34(20)25(23)35)26(36)33-17-21(18-7-6-8-19(30)15-18)22(16-31)29(33)13-14-29/h6-8,15,20-24H,4-5,9-14,17H2,1-3H3,(H,32,37)/t20-,21+,22+,23-,24-/m0/s1. The number of halogens is 1. The van der Waals surface area contributed by atoms with E-state index in [2.05, 4.69) is 11.4 Å². The predicted octanol–water partition coefficient (Wildman–Crippen LogP) is 4.77. The fraction of sp³-hybridized carbons (Fsp3) is 0.655.